The van der Waals surface area contributed by atoms with E-state index in [0.717, 1.165) is 17.5 Å². The number of nitrogens with one attached hydrogen (secondary N) is 2. The van der Waals surface area contributed by atoms with E-state index in [2.05, 4.69) is 10.6 Å². The topological polar surface area (TPSA) is 33.3 Å². The first-order chi connectivity index (χ1) is 9.65. The summed E-state index contributed by atoms with van der Waals surface area (Å²) in [4.78, 5) is 0. The summed E-state index contributed by atoms with van der Waals surface area (Å²) in [5.74, 6) is 2.39. The molecule has 2 bridgehead atoms. The quantitative estimate of drug-likeness (QED) is 0.832. The summed E-state index contributed by atoms with van der Waals surface area (Å²) in [7, 11) is 1.61. The largest absolute Gasteiger partial charge is 0.495 e. The summed E-state index contributed by atoms with van der Waals surface area (Å²) in [5.41, 5.74) is 0.886. The third kappa shape index (κ3) is 2.86. The number of anilines is 1. The van der Waals surface area contributed by atoms with Gasteiger partial charge in [-0.1, -0.05) is 18.0 Å². The van der Waals surface area contributed by atoms with Gasteiger partial charge in [-0.05, 0) is 61.5 Å². The number of thiocarbonyl (C=S) groups is 1. The molecule has 0 radical (unpaired) electrons. The van der Waals surface area contributed by atoms with E-state index in [1.807, 2.05) is 18.2 Å². The minimum absolute atomic E-state index is 0.544. The Bertz CT molecular complexity index is 523. The summed E-state index contributed by atoms with van der Waals surface area (Å²) in [6, 6.07) is 6.13. The first-order valence-corrected chi connectivity index (χ1v) is 7.85. The van der Waals surface area contributed by atoms with Crippen LogP contribution in [-0.2, 0) is 0 Å². The summed E-state index contributed by atoms with van der Waals surface area (Å²) < 4.78 is 5.14. The molecular weight excluding hydrogens is 292 g/mol. The molecule has 2 fully saturated rings. The van der Waals surface area contributed by atoms with Crippen LogP contribution < -0.4 is 15.4 Å². The van der Waals surface area contributed by atoms with Crippen molar-refractivity contribution >= 4 is 34.6 Å². The highest BCUT2D eigenvalue weighted by molar-refractivity contribution is 7.80. The van der Waals surface area contributed by atoms with Crippen LogP contribution >= 0.6 is 23.8 Å². The van der Waals surface area contributed by atoms with Gasteiger partial charge in [0.05, 0.1) is 12.1 Å². The first kappa shape index (κ1) is 14.0. The third-order valence-electron chi connectivity index (χ3n) is 4.46. The molecule has 2 aliphatic carbocycles. The molecule has 1 aromatic rings. The number of fused-ring (bicyclic) bond motifs is 2. The van der Waals surface area contributed by atoms with Gasteiger partial charge < -0.3 is 15.4 Å². The van der Waals surface area contributed by atoms with Crippen molar-refractivity contribution in [3.63, 3.8) is 0 Å². The second-order valence-corrected chi connectivity index (χ2v) is 6.54. The van der Waals surface area contributed by atoms with E-state index in [4.69, 9.17) is 28.6 Å². The molecule has 20 heavy (non-hydrogen) atoms. The van der Waals surface area contributed by atoms with Gasteiger partial charge in [-0.2, -0.15) is 0 Å². The van der Waals surface area contributed by atoms with Gasteiger partial charge in [0.25, 0.3) is 0 Å². The Balaban J connectivity index is 1.57. The molecule has 0 spiro atoms. The van der Waals surface area contributed by atoms with Crippen LogP contribution in [0, 0.1) is 11.8 Å². The molecule has 1 aromatic carbocycles. The molecule has 3 rings (SSSR count). The molecule has 0 aliphatic heterocycles. The Morgan fingerprint density at radius 3 is 2.80 bits per heavy atom. The van der Waals surface area contributed by atoms with Crippen molar-refractivity contribution in [3.05, 3.63) is 23.2 Å². The first-order valence-electron chi connectivity index (χ1n) is 7.07. The van der Waals surface area contributed by atoms with Crippen LogP contribution in [0.15, 0.2) is 18.2 Å². The van der Waals surface area contributed by atoms with E-state index in [9.17, 15) is 0 Å². The van der Waals surface area contributed by atoms with Gasteiger partial charge in [0.15, 0.2) is 5.11 Å². The minimum Gasteiger partial charge on any atom is -0.495 e. The maximum atomic E-state index is 6.11. The number of hydrogen-bond acceptors (Lipinski definition) is 2. The molecule has 0 heterocycles. The summed E-state index contributed by atoms with van der Waals surface area (Å²) in [6.45, 7) is 0. The maximum absolute atomic E-state index is 6.11. The van der Waals surface area contributed by atoms with Crippen molar-refractivity contribution in [2.45, 2.75) is 31.7 Å². The van der Waals surface area contributed by atoms with E-state index in [-0.39, 0.29) is 0 Å². The van der Waals surface area contributed by atoms with Crippen LogP contribution in [0.25, 0.3) is 0 Å². The molecule has 108 valence electrons. The fraction of sp³-hybridized carbons (Fsp3) is 0.533. The van der Waals surface area contributed by atoms with Gasteiger partial charge in [-0.15, -0.1) is 0 Å². The van der Waals surface area contributed by atoms with Gasteiger partial charge in [0.2, 0.25) is 0 Å². The zero-order chi connectivity index (χ0) is 14.1. The van der Waals surface area contributed by atoms with Crippen molar-refractivity contribution in [3.8, 4) is 5.75 Å². The van der Waals surface area contributed by atoms with Crippen molar-refractivity contribution in [1.29, 1.82) is 0 Å². The summed E-state index contributed by atoms with van der Waals surface area (Å²) >= 11 is 11.5. The number of ether oxygens (including phenoxy) is 1. The molecule has 3 atom stereocenters. The summed E-state index contributed by atoms with van der Waals surface area (Å²) in [5, 5.41) is 7.92. The molecule has 0 unspecified atom stereocenters. The second-order valence-electron chi connectivity index (χ2n) is 5.73. The number of benzene rings is 1. The molecule has 3 nitrogen and oxygen atoms in total. The van der Waals surface area contributed by atoms with E-state index >= 15 is 0 Å². The highest BCUT2D eigenvalue weighted by Gasteiger charge is 2.39. The average molecular weight is 311 g/mol. The van der Waals surface area contributed by atoms with Gasteiger partial charge in [0, 0.05) is 11.7 Å². The molecule has 5 heteroatoms. The number of hydrogen-bond donors (Lipinski definition) is 2. The van der Waals surface area contributed by atoms with Crippen molar-refractivity contribution < 1.29 is 4.74 Å². The van der Waals surface area contributed by atoms with Gasteiger partial charge >= 0.3 is 0 Å². The van der Waals surface area contributed by atoms with Crippen LogP contribution in [0.4, 0.5) is 5.69 Å². The fourth-order valence-corrected chi connectivity index (χ4v) is 4.03. The highest BCUT2D eigenvalue weighted by atomic mass is 35.5. The van der Waals surface area contributed by atoms with Crippen molar-refractivity contribution in [2.24, 2.45) is 11.8 Å². The fourth-order valence-electron chi connectivity index (χ4n) is 3.50. The zero-order valence-corrected chi connectivity index (χ0v) is 13.1. The van der Waals surface area contributed by atoms with E-state index in [1.54, 1.807) is 7.11 Å². The normalized spacial score (nSPS) is 27.4. The molecule has 2 saturated carbocycles. The monoisotopic (exact) mass is 310 g/mol. The van der Waals surface area contributed by atoms with E-state index in [0.29, 0.717) is 21.9 Å². The maximum Gasteiger partial charge on any atom is 0.171 e. The van der Waals surface area contributed by atoms with Crippen molar-refractivity contribution in [1.82, 2.24) is 5.32 Å². The number of halogens is 1. The van der Waals surface area contributed by atoms with Crippen LogP contribution in [0.1, 0.15) is 25.7 Å². The average Bonchev–Trinajstić information content (AvgIpc) is 3.01. The smallest absolute Gasteiger partial charge is 0.171 e. The second kappa shape index (κ2) is 5.78. The predicted molar refractivity (Wildman–Crippen MR) is 86.6 cm³/mol. The Hall–Kier alpha value is -1.00. The van der Waals surface area contributed by atoms with Crippen LogP contribution in [0.2, 0.25) is 5.02 Å². The van der Waals surface area contributed by atoms with E-state index < -0.39 is 0 Å². The van der Waals surface area contributed by atoms with Crippen LogP contribution in [-0.4, -0.2) is 18.3 Å². The van der Waals surface area contributed by atoms with Crippen LogP contribution in [0.3, 0.4) is 0 Å². The molecular formula is C15H19ClN2OS. The molecule has 0 aromatic heterocycles. The Labute approximate surface area is 130 Å². The highest BCUT2D eigenvalue weighted by Crippen LogP contribution is 2.44. The molecule has 2 aliphatic rings. The number of rotatable bonds is 3. The van der Waals surface area contributed by atoms with Crippen molar-refractivity contribution in [2.75, 3.05) is 12.4 Å². The minimum atomic E-state index is 0.544. The lowest BCUT2D eigenvalue weighted by atomic mass is 9.96. The predicted octanol–water partition coefficient (Wildman–Crippen LogP) is 3.82. The zero-order valence-electron chi connectivity index (χ0n) is 11.5. The van der Waals surface area contributed by atoms with Gasteiger partial charge in [-0.3, -0.25) is 0 Å². The van der Waals surface area contributed by atoms with E-state index in [1.165, 1.54) is 25.7 Å². The van der Waals surface area contributed by atoms with Gasteiger partial charge in [-0.25, -0.2) is 0 Å². The SMILES string of the molecule is COc1ccc(NC(=S)N[C@H]2C[C@@H]3CC[C@@H]2C3)cc1Cl. The lowest BCUT2D eigenvalue weighted by Gasteiger charge is -2.24. The lowest BCUT2D eigenvalue weighted by molar-refractivity contribution is 0.392. The molecule has 0 amide bonds. The summed E-state index contributed by atoms with van der Waals surface area (Å²) in [6.07, 6.45) is 5.38. The van der Waals surface area contributed by atoms with Gasteiger partial charge in [0.1, 0.15) is 5.75 Å². The Morgan fingerprint density at radius 2 is 2.20 bits per heavy atom. The molecule has 0 saturated heterocycles. The lowest BCUT2D eigenvalue weighted by Crippen LogP contribution is -2.40. The number of methoxy groups -OCH3 is 1. The molecule has 2 N–H and O–H groups in total. The third-order valence-corrected chi connectivity index (χ3v) is 4.98. The standard InChI is InChI=1S/C15H19ClN2OS/c1-19-14-5-4-11(8-12(14)16)17-15(20)18-13-7-9-2-3-10(13)6-9/h4-5,8-10,13H,2-3,6-7H2,1H3,(H2,17,18,20)/t9-,10-,13+/m1/s1. The van der Waals surface area contributed by atoms with Crippen LogP contribution in [0.5, 0.6) is 5.75 Å². The Morgan fingerprint density at radius 1 is 1.35 bits per heavy atom. The Kier molecular flexibility index (Phi) is 4.03.